The van der Waals surface area contributed by atoms with E-state index in [9.17, 15) is 9.59 Å². The Labute approximate surface area is 169 Å². The molecule has 0 saturated carbocycles. The van der Waals surface area contributed by atoms with E-state index in [1.54, 1.807) is 24.5 Å². The van der Waals surface area contributed by atoms with Crippen LogP contribution in [0.5, 0.6) is 11.5 Å². The molecular weight excluding hydrogens is 374 g/mol. The quantitative estimate of drug-likeness (QED) is 0.741. The molecule has 1 fully saturated rings. The summed E-state index contributed by atoms with van der Waals surface area (Å²) in [5, 5.41) is 5.56. The molecule has 8 heteroatoms. The van der Waals surface area contributed by atoms with Gasteiger partial charge in [0, 0.05) is 12.1 Å². The highest BCUT2D eigenvalue weighted by Gasteiger charge is 2.25. The van der Waals surface area contributed by atoms with Crippen LogP contribution < -0.4 is 20.1 Å². The number of nitrogens with zero attached hydrogens (tertiary/aromatic N) is 1. The molecular formula is C21H25N3O5. The number of ether oxygens (including phenoxy) is 2. The summed E-state index contributed by atoms with van der Waals surface area (Å²) in [6.07, 6.45) is 5.19. The minimum atomic E-state index is -0.336. The van der Waals surface area contributed by atoms with Crippen molar-refractivity contribution in [1.29, 1.82) is 0 Å². The molecule has 1 atom stereocenters. The summed E-state index contributed by atoms with van der Waals surface area (Å²) >= 11 is 0. The van der Waals surface area contributed by atoms with Crippen LogP contribution in [0.4, 0.5) is 0 Å². The van der Waals surface area contributed by atoms with Gasteiger partial charge in [0.05, 0.1) is 18.8 Å². The zero-order valence-corrected chi connectivity index (χ0v) is 16.2. The van der Waals surface area contributed by atoms with Gasteiger partial charge in [-0.1, -0.05) is 6.42 Å². The van der Waals surface area contributed by atoms with Crippen LogP contribution in [0.15, 0.2) is 41.0 Å². The summed E-state index contributed by atoms with van der Waals surface area (Å²) in [4.78, 5) is 27.0. The van der Waals surface area contributed by atoms with Gasteiger partial charge in [-0.15, -0.1) is 0 Å². The SMILES string of the molecule is O=C(CNC(=O)c1ccc2c(c1)OCO2)NCC(c1ccco1)N1CCCCC1. The van der Waals surface area contributed by atoms with E-state index in [-0.39, 0.29) is 31.2 Å². The number of furan rings is 1. The zero-order chi connectivity index (χ0) is 20.1. The maximum Gasteiger partial charge on any atom is 0.251 e. The van der Waals surface area contributed by atoms with Crippen molar-refractivity contribution in [3.8, 4) is 11.5 Å². The highest BCUT2D eigenvalue weighted by molar-refractivity contribution is 5.97. The maximum atomic E-state index is 12.3. The van der Waals surface area contributed by atoms with Crippen molar-refractivity contribution >= 4 is 11.8 Å². The molecule has 29 heavy (non-hydrogen) atoms. The van der Waals surface area contributed by atoms with Crippen LogP contribution in [0.3, 0.4) is 0 Å². The number of rotatable bonds is 7. The molecule has 1 unspecified atom stereocenters. The lowest BCUT2D eigenvalue weighted by molar-refractivity contribution is -0.120. The van der Waals surface area contributed by atoms with E-state index in [2.05, 4.69) is 15.5 Å². The summed E-state index contributed by atoms with van der Waals surface area (Å²) in [5.74, 6) is 1.41. The number of benzene rings is 1. The molecule has 2 aliphatic rings. The molecule has 2 N–H and O–H groups in total. The number of fused-ring (bicyclic) bond motifs is 1. The third-order valence-electron chi connectivity index (χ3n) is 5.24. The topological polar surface area (TPSA) is 93.0 Å². The number of nitrogens with one attached hydrogen (secondary N) is 2. The summed E-state index contributed by atoms with van der Waals surface area (Å²) in [6, 6.07) is 8.73. The van der Waals surface area contributed by atoms with Crippen LogP contribution >= 0.6 is 0 Å². The second-order valence-electron chi connectivity index (χ2n) is 7.18. The highest BCUT2D eigenvalue weighted by Crippen LogP contribution is 2.32. The fraction of sp³-hybridized carbons (Fsp3) is 0.429. The first-order valence-corrected chi connectivity index (χ1v) is 9.93. The average molecular weight is 399 g/mol. The minimum absolute atomic E-state index is 0.00110. The van der Waals surface area contributed by atoms with Crippen molar-refractivity contribution in [3.05, 3.63) is 47.9 Å². The second-order valence-corrected chi connectivity index (χ2v) is 7.18. The van der Waals surface area contributed by atoms with E-state index in [0.717, 1.165) is 31.7 Å². The molecule has 2 amide bonds. The molecule has 0 aliphatic carbocycles. The molecule has 8 nitrogen and oxygen atoms in total. The largest absolute Gasteiger partial charge is 0.468 e. The van der Waals surface area contributed by atoms with Gasteiger partial charge < -0.3 is 24.5 Å². The van der Waals surface area contributed by atoms with Gasteiger partial charge in [-0.3, -0.25) is 14.5 Å². The molecule has 1 saturated heterocycles. The van der Waals surface area contributed by atoms with Gasteiger partial charge >= 0.3 is 0 Å². The van der Waals surface area contributed by atoms with Gasteiger partial charge in [-0.05, 0) is 56.3 Å². The van der Waals surface area contributed by atoms with Gasteiger partial charge in [0.15, 0.2) is 11.5 Å². The first-order valence-electron chi connectivity index (χ1n) is 9.93. The van der Waals surface area contributed by atoms with Crippen molar-refractivity contribution in [2.75, 3.05) is 33.0 Å². The Bertz CT molecular complexity index is 846. The van der Waals surface area contributed by atoms with Gasteiger partial charge in [-0.2, -0.15) is 0 Å². The smallest absolute Gasteiger partial charge is 0.251 e. The molecule has 2 aliphatic heterocycles. The van der Waals surface area contributed by atoms with Crippen LogP contribution in [0.1, 0.15) is 41.4 Å². The Balaban J connectivity index is 1.28. The molecule has 154 valence electrons. The Morgan fingerprint density at radius 2 is 1.86 bits per heavy atom. The Kier molecular flexibility index (Phi) is 6.00. The summed E-state index contributed by atoms with van der Waals surface area (Å²) in [5.41, 5.74) is 0.420. The Hall–Kier alpha value is -3.00. The number of carbonyl (C=O) groups is 2. The second kappa shape index (κ2) is 9.00. The van der Waals surface area contributed by atoms with E-state index in [0.29, 0.717) is 23.6 Å². The molecule has 0 spiro atoms. The lowest BCUT2D eigenvalue weighted by Crippen LogP contribution is -2.43. The van der Waals surface area contributed by atoms with E-state index in [1.165, 1.54) is 6.42 Å². The van der Waals surface area contributed by atoms with Crippen LogP contribution in [0.25, 0.3) is 0 Å². The van der Waals surface area contributed by atoms with Gasteiger partial charge in [0.2, 0.25) is 12.7 Å². The first-order chi connectivity index (χ1) is 14.2. The predicted octanol–water partition coefficient (Wildman–Crippen LogP) is 2.08. The lowest BCUT2D eigenvalue weighted by Gasteiger charge is -2.33. The Morgan fingerprint density at radius 1 is 1.03 bits per heavy atom. The molecule has 2 aromatic rings. The van der Waals surface area contributed by atoms with Crippen molar-refractivity contribution in [1.82, 2.24) is 15.5 Å². The molecule has 1 aromatic heterocycles. The van der Waals surface area contributed by atoms with Crippen LogP contribution in [-0.2, 0) is 4.79 Å². The van der Waals surface area contributed by atoms with Crippen molar-refractivity contribution in [2.45, 2.75) is 25.3 Å². The lowest BCUT2D eigenvalue weighted by atomic mass is 10.1. The molecule has 0 radical (unpaired) electrons. The van der Waals surface area contributed by atoms with E-state index < -0.39 is 0 Å². The summed E-state index contributed by atoms with van der Waals surface area (Å²) in [7, 11) is 0. The van der Waals surface area contributed by atoms with E-state index in [4.69, 9.17) is 13.9 Å². The van der Waals surface area contributed by atoms with E-state index in [1.807, 2.05) is 12.1 Å². The third kappa shape index (κ3) is 4.71. The number of amides is 2. The number of hydrogen-bond acceptors (Lipinski definition) is 6. The van der Waals surface area contributed by atoms with Crippen molar-refractivity contribution in [3.63, 3.8) is 0 Å². The third-order valence-corrected chi connectivity index (χ3v) is 5.24. The van der Waals surface area contributed by atoms with Crippen molar-refractivity contribution in [2.24, 2.45) is 0 Å². The minimum Gasteiger partial charge on any atom is -0.468 e. The summed E-state index contributed by atoms with van der Waals surface area (Å²) in [6.45, 7) is 2.46. The number of hydrogen-bond donors (Lipinski definition) is 2. The summed E-state index contributed by atoms with van der Waals surface area (Å²) < 4.78 is 16.1. The molecule has 0 bridgehead atoms. The monoisotopic (exact) mass is 399 g/mol. The van der Waals surface area contributed by atoms with Gasteiger partial charge in [0.25, 0.3) is 5.91 Å². The van der Waals surface area contributed by atoms with Gasteiger partial charge in [0.1, 0.15) is 5.76 Å². The Morgan fingerprint density at radius 3 is 2.66 bits per heavy atom. The zero-order valence-electron chi connectivity index (χ0n) is 16.2. The number of piperidine rings is 1. The molecule has 3 heterocycles. The van der Waals surface area contributed by atoms with Crippen LogP contribution in [0, 0.1) is 0 Å². The molecule has 1 aromatic carbocycles. The van der Waals surface area contributed by atoms with Crippen LogP contribution in [0.2, 0.25) is 0 Å². The average Bonchev–Trinajstić information content (AvgIpc) is 3.44. The standard InChI is InChI=1S/C21H25N3O5/c25-20(13-23-21(26)15-6-7-18-19(11-15)29-14-28-18)22-12-16(17-5-4-10-27-17)24-8-2-1-3-9-24/h4-7,10-11,16H,1-3,8-9,12-14H2,(H,22,25)(H,23,26). The fourth-order valence-electron chi connectivity index (χ4n) is 3.69. The van der Waals surface area contributed by atoms with Crippen molar-refractivity contribution < 1.29 is 23.5 Å². The highest BCUT2D eigenvalue weighted by atomic mass is 16.7. The van der Waals surface area contributed by atoms with Crippen LogP contribution in [-0.4, -0.2) is 49.7 Å². The number of likely N-dealkylation sites (tertiary alicyclic amines) is 1. The van der Waals surface area contributed by atoms with E-state index >= 15 is 0 Å². The number of carbonyl (C=O) groups excluding carboxylic acids is 2. The normalized spacial score (nSPS) is 17.0. The fourth-order valence-corrected chi connectivity index (χ4v) is 3.69. The maximum absolute atomic E-state index is 12.3. The predicted molar refractivity (Wildman–Crippen MR) is 105 cm³/mol. The van der Waals surface area contributed by atoms with Gasteiger partial charge in [-0.25, -0.2) is 0 Å². The first kappa shape index (κ1) is 19.3. The molecule has 4 rings (SSSR count).